The summed E-state index contributed by atoms with van der Waals surface area (Å²) in [7, 11) is -3.73. The van der Waals surface area contributed by atoms with Gasteiger partial charge in [0.25, 0.3) is 0 Å². The highest BCUT2D eigenvalue weighted by Gasteiger charge is 2.20. The second-order valence-corrected chi connectivity index (χ2v) is 7.21. The second-order valence-electron chi connectivity index (χ2n) is 5.50. The predicted molar refractivity (Wildman–Crippen MR) is 85.7 cm³/mol. The van der Waals surface area contributed by atoms with Crippen molar-refractivity contribution in [1.82, 2.24) is 10.0 Å². The van der Waals surface area contributed by atoms with Crippen LogP contribution in [0.5, 0.6) is 0 Å². The van der Waals surface area contributed by atoms with Gasteiger partial charge in [0, 0.05) is 13.0 Å². The van der Waals surface area contributed by atoms with Crippen LogP contribution in [0.3, 0.4) is 0 Å². The van der Waals surface area contributed by atoms with Crippen molar-refractivity contribution in [3.05, 3.63) is 28.8 Å². The van der Waals surface area contributed by atoms with E-state index in [1.807, 2.05) is 6.92 Å². The summed E-state index contributed by atoms with van der Waals surface area (Å²) in [5.74, 6) is -1.68. The van der Waals surface area contributed by atoms with E-state index in [2.05, 4.69) is 10.0 Å². The van der Waals surface area contributed by atoms with Crippen LogP contribution in [0.25, 0.3) is 0 Å². The van der Waals surface area contributed by atoms with Gasteiger partial charge in [0.15, 0.2) is 0 Å². The molecule has 0 aliphatic rings. The smallest absolute Gasteiger partial charge is 0.325 e. The maximum Gasteiger partial charge on any atom is 0.325 e. The molecule has 23 heavy (non-hydrogen) atoms. The van der Waals surface area contributed by atoms with Crippen molar-refractivity contribution in [1.29, 1.82) is 0 Å². The van der Waals surface area contributed by atoms with Gasteiger partial charge in [-0.15, -0.1) is 0 Å². The predicted octanol–water partition coefficient (Wildman–Crippen LogP) is 0.870. The van der Waals surface area contributed by atoms with Gasteiger partial charge in [-0.2, -0.15) is 0 Å². The Morgan fingerprint density at radius 2 is 1.70 bits per heavy atom. The van der Waals surface area contributed by atoms with Crippen molar-refractivity contribution in [3.63, 3.8) is 0 Å². The Balaban J connectivity index is 2.71. The van der Waals surface area contributed by atoms with E-state index in [0.29, 0.717) is 11.1 Å². The van der Waals surface area contributed by atoms with Crippen LogP contribution >= 0.6 is 0 Å². The second kappa shape index (κ2) is 7.56. The van der Waals surface area contributed by atoms with Crippen molar-refractivity contribution in [3.8, 4) is 0 Å². The minimum Gasteiger partial charge on any atom is -0.480 e. The molecule has 3 N–H and O–H groups in total. The maximum absolute atomic E-state index is 12.4. The summed E-state index contributed by atoms with van der Waals surface area (Å²) >= 11 is 0. The van der Waals surface area contributed by atoms with Gasteiger partial charge < -0.3 is 10.4 Å². The SMILES string of the molecule is Cc1cc(C)c(S(=O)(=O)NCCC(=O)N[C@H](C)C(=O)O)c(C)c1. The monoisotopic (exact) mass is 342 g/mol. The van der Waals surface area contributed by atoms with Crippen LogP contribution in [0.2, 0.25) is 0 Å². The minimum absolute atomic E-state index is 0.104. The van der Waals surface area contributed by atoms with Gasteiger partial charge >= 0.3 is 5.97 Å². The first-order valence-electron chi connectivity index (χ1n) is 7.14. The molecule has 128 valence electrons. The van der Waals surface area contributed by atoms with Crippen molar-refractivity contribution < 1.29 is 23.1 Å². The topological polar surface area (TPSA) is 113 Å². The number of rotatable bonds is 7. The number of hydrogen-bond donors (Lipinski definition) is 3. The Labute approximate surface area is 136 Å². The first-order valence-corrected chi connectivity index (χ1v) is 8.62. The summed E-state index contributed by atoms with van der Waals surface area (Å²) in [4.78, 5) is 22.4. The first-order chi connectivity index (χ1) is 10.5. The van der Waals surface area contributed by atoms with Crippen LogP contribution in [-0.2, 0) is 19.6 Å². The summed E-state index contributed by atoms with van der Waals surface area (Å²) in [6, 6.07) is 2.55. The maximum atomic E-state index is 12.4. The van der Waals surface area contributed by atoms with Crippen molar-refractivity contribution in [2.24, 2.45) is 0 Å². The molecule has 0 radical (unpaired) electrons. The average molecular weight is 342 g/mol. The molecule has 8 heteroatoms. The van der Waals surface area contributed by atoms with Gasteiger partial charge in [-0.1, -0.05) is 17.7 Å². The van der Waals surface area contributed by atoms with Crippen LogP contribution in [0, 0.1) is 20.8 Å². The third-order valence-corrected chi connectivity index (χ3v) is 5.03. The molecule has 0 heterocycles. The van der Waals surface area contributed by atoms with Crippen LogP contribution in [0.15, 0.2) is 17.0 Å². The number of carbonyl (C=O) groups excluding carboxylic acids is 1. The van der Waals surface area contributed by atoms with E-state index in [9.17, 15) is 18.0 Å². The van der Waals surface area contributed by atoms with Crippen molar-refractivity contribution in [2.75, 3.05) is 6.54 Å². The summed E-state index contributed by atoms with van der Waals surface area (Å²) in [6.45, 7) is 6.56. The number of carboxylic acid groups (broad SMARTS) is 1. The lowest BCUT2D eigenvalue weighted by molar-refractivity contribution is -0.141. The van der Waals surface area contributed by atoms with Gasteiger partial charge in [0.2, 0.25) is 15.9 Å². The molecule has 0 aliphatic heterocycles. The zero-order valence-corrected chi connectivity index (χ0v) is 14.5. The Kier molecular flexibility index (Phi) is 6.28. The fraction of sp³-hybridized carbons (Fsp3) is 0.467. The molecule has 0 aromatic heterocycles. The molecule has 1 rings (SSSR count). The lowest BCUT2D eigenvalue weighted by atomic mass is 10.1. The highest BCUT2D eigenvalue weighted by atomic mass is 32.2. The van der Waals surface area contributed by atoms with E-state index in [4.69, 9.17) is 5.11 Å². The minimum atomic E-state index is -3.73. The van der Waals surface area contributed by atoms with Gasteiger partial charge in [0.05, 0.1) is 4.90 Å². The number of carbonyl (C=O) groups is 2. The normalized spacial score (nSPS) is 12.7. The molecule has 0 spiro atoms. The Bertz CT molecular complexity index is 690. The Morgan fingerprint density at radius 1 is 1.17 bits per heavy atom. The summed E-state index contributed by atoms with van der Waals surface area (Å²) in [5, 5.41) is 11.0. The highest BCUT2D eigenvalue weighted by Crippen LogP contribution is 2.21. The third-order valence-electron chi connectivity index (χ3n) is 3.27. The summed E-state index contributed by atoms with van der Waals surface area (Å²) in [6.07, 6.45) is -0.138. The largest absolute Gasteiger partial charge is 0.480 e. The molecule has 0 saturated heterocycles. The number of benzene rings is 1. The highest BCUT2D eigenvalue weighted by molar-refractivity contribution is 7.89. The average Bonchev–Trinajstić information content (AvgIpc) is 2.36. The molecule has 1 aromatic carbocycles. The third kappa shape index (κ3) is 5.33. The fourth-order valence-electron chi connectivity index (χ4n) is 2.34. The van der Waals surface area contributed by atoms with Crippen LogP contribution < -0.4 is 10.0 Å². The van der Waals surface area contributed by atoms with Crippen molar-refractivity contribution >= 4 is 21.9 Å². The van der Waals surface area contributed by atoms with Crippen LogP contribution in [-0.4, -0.2) is 38.0 Å². The molecule has 7 nitrogen and oxygen atoms in total. The van der Waals surface area contributed by atoms with E-state index < -0.39 is 27.9 Å². The zero-order chi connectivity index (χ0) is 17.8. The molecular weight excluding hydrogens is 320 g/mol. The number of nitrogens with one attached hydrogen (secondary N) is 2. The van der Waals surface area contributed by atoms with E-state index in [-0.39, 0.29) is 17.9 Å². The molecule has 0 aliphatic carbocycles. The first kappa shape index (κ1) is 19.1. The van der Waals surface area contributed by atoms with Crippen molar-refractivity contribution in [2.45, 2.75) is 45.1 Å². The number of aryl methyl sites for hydroxylation is 3. The van der Waals surface area contributed by atoms with E-state index in [1.54, 1.807) is 26.0 Å². The molecule has 0 fully saturated rings. The lowest BCUT2D eigenvalue weighted by Crippen LogP contribution is -2.40. The fourth-order valence-corrected chi connectivity index (χ4v) is 3.82. The van der Waals surface area contributed by atoms with Gasteiger partial charge in [-0.05, 0) is 38.8 Å². The molecule has 0 saturated carbocycles. The Hall–Kier alpha value is -1.93. The standard InChI is InChI=1S/C15H22N2O5S/c1-9-7-10(2)14(11(3)8-9)23(21,22)16-6-5-13(18)17-12(4)15(19)20/h7-8,12,16H,5-6H2,1-4H3,(H,17,18)(H,19,20)/t12-/m1/s1. The molecule has 1 aromatic rings. The van der Waals surface area contributed by atoms with E-state index in [0.717, 1.165) is 5.56 Å². The summed E-state index contributed by atoms with van der Waals surface area (Å²) < 4.78 is 27.1. The molecular formula is C15H22N2O5S. The number of carboxylic acids is 1. The van der Waals surface area contributed by atoms with Gasteiger partial charge in [0.1, 0.15) is 6.04 Å². The molecule has 0 bridgehead atoms. The number of amides is 1. The lowest BCUT2D eigenvalue weighted by Gasteiger charge is -2.13. The molecule has 1 amide bonds. The number of hydrogen-bond acceptors (Lipinski definition) is 4. The number of sulfonamides is 1. The van der Waals surface area contributed by atoms with Gasteiger partial charge in [-0.25, -0.2) is 13.1 Å². The van der Waals surface area contributed by atoms with Crippen LogP contribution in [0.4, 0.5) is 0 Å². The summed E-state index contributed by atoms with van der Waals surface area (Å²) in [5.41, 5.74) is 2.25. The van der Waals surface area contributed by atoms with E-state index >= 15 is 0 Å². The van der Waals surface area contributed by atoms with Crippen LogP contribution in [0.1, 0.15) is 30.0 Å². The number of aliphatic carboxylic acids is 1. The zero-order valence-electron chi connectivity index (χ0n) is 13.6. The molecule has 1 atom stereocenters. The molecule has 0 unspecified atom stereocenters. The van der Waals surface area contributed by atoms with Gasteiger partial charge in [-0.3, -0.25) is 9.59 Å². The quantitative estimate of drug-likeness (QED) is 0.680. The Morgan fingerprint density at radius 3 is 2.17 bits per heavy atom. The van der Waals surface area contributed by atoms with E-state index in [1.165, 1.54) is 6.92 Å².